The number of halogens is 1. The lowest BCUT2D eigenvalue weighted by Crippen LogP contribution is -2.15. The van der Waals surface area contributed by atoms with Gasteiger partial charge in [0.2, 0.25) is 0 Å². The Balaban J connectivity index is 2.73. The van der Waals surface area contributed by atoms with Crippen LogP contribution in [0.15, 0.2) is 23.8 Å². The molecule has 1 heteroatoms. The summed E-state index contributed by atoms with van der Waals surface area (Å²) in [6.07, 6.45) is 4.55. The quantitative estimate of drug-likeness (QED) is 0.545. The highest BCUT2D eigenvalue weighted by molar-refractivity contribution is 6.19. The van der Waals surface area contributed by atoms with E-state index in [1.165, 1.54) is 17.6 Å². The average Bonchev–Trinajstić information content (AvgIpc) is 2.00. The Morgan fingerprint density at radius 1 is 1.58 bits per heavy atom. The summed E-state index contributed by atoms with van der Waals surface area (Å²) in [4.78, 5) is 0. The summed E-state index contributed by atoms with van der Waals surface area (Å²) in [6.45, 7) is 8.65. The highest BCUT2D eigenvalue weighted by Crippen LogP contribution is 2.35. The van der Waals surface area contributed by atoms with E-state index in [9.17, 15) is 0 Å². The Morgan fingerprint density at radius 3 is 2.83 bits per heavy atom. The molecule has 68 valence electrons. The molecule has 0 heterocycles. The molecule has 0 radical (unpaired) electrons. The Bertz CT molecular complexity index is 203. The van der Waals surface area contributed by atoms with Crippen molar-refractivity contribution in [2.24, 2.45) is 11.8 Å². The first-order valence-corrected chi connectivity index (χ1v) is 5.12. The van der Waals surface area contributed by atoms with Crippen LogP contribution in [-0.4, -0.2) is 5.88 Å². The van der Waals surface area contributed by atoms with Gasteiger partial charge in [-0.05, 0) is 35.8 Å². The summed E-state index contributed by atoms with van der Waals surface area (Å²) in [6, 6.07) is 0. The first kappa shape index (κ1) is 9.85. The lowest BCUT2D eigenvalue weighted by Gasteiger charge is -2.28. The van der Waals surface area contributed by atoms with Gasteiger partial charge in [-0.3, -0.25) is 0 Å². The van der Waals surface area contributed by atoms with Crippen LogP contribution in [0, 0.1) is 11.8 Å². The lowest BCUT2D eigenvalue weighted by atomic mass is 9.77. The van der Waals surface area contributed by atoms with Gasteiger partial charge >= 0.3 is 0 Å². The van der Waals surface area contributed by atoms with E-state index in [1.807, 2.05) is 0 Å². The van der Waals surface area contributed by atoms with Crippen LogP contribution in [-0.2, 0) is 0 Å². The zero-order valence-electron chi connectivity index (χ0n) is 7.94. The van der Waals surface area contributed by atoms with E-state index in [0.29, 0.717) is 11.8 Å². The van der Waals surface area contributed by atoms with E-state index in [1.54, 1.807) is 0 Å². The van der Waals surface area contributed by atoms with Crippen molar-refractivity contribution in [3.05, 3.63) is 23.8 Å². The normalized spacial score (nSPS) is 34.2. The zero-order chi connectivity index (χ0) is 9.14. The molecule has 0 aromatic carbocycles. The molecular weight excluding hydrogens is 168 g/mol. The summed E-state index contributed by atoms with van der Waals surface area (Å²) in [5.41, 5.74) is 2.69. The number of hydrogen-bond donors (Lipinski definition) is 0. The first-order valence-electron chi connectivity index (χ1n) is 4.59. The van der Waals surface area contributed by atoms with Gasteiger partial charge in [-0.25, -0.2) is 0 Å². The minimum Gasteiger partial charge on any atom is -0.122 e. The van der Waals surface area contributed by atoms with Gasteiger partial charge in [-0.15, -0.1) is 11.6 Å². The van der Waals surface area contributed by atoms with Crippen LogP contribution < -0.4 is 0 Å². The molecular formula is C11H17Cl. The molecule has 0 nitrogen and oxygen atoms in total. The first-order chi connectivity index (χ1) is 5.65. The average molecular weight is 185 g/mol. The minimum atomic E-state index is 0.619. The summed E-state index contributed by atoms with van der Waals surface area (Å²) < 4.78 is 0. The Morgan fingerprint density at radius 2 is 2.25 bits per heavy atom. The fourth-order valence-corrected chi connectivity index (χ4v) is 2.15. The fourth-order valence-electron chi connectivity index (χ4n) is 1.96. The summed E-state index contributed by atoms with van der Waals surface area (Å²) in [7, 11) is 0. The molecule has 1 saturated carbocycles. The molecule has 0 aliphatic heterocycles. The third kappa shape index (κ3) is 2.13. The van der Waals surface area contributed by atoms with Crippen molar-refractivity contribution in [2.75, 3.05) is 5.88 Å². The van der Waals surface area contributed by atoms with Gasteiger partial charge < -0.3 is 0 Å². The van der Waals surface area contributed by atoms with Gasteiger partial charge in [0.05, 0.1) is 0 Å². The SMILES string of the molecule is C=C1/C(=C\CCl)C[C@H](C)C[C@@H]1C. The largest absolute Gasteiger partial charge is 0.122 e. The molecule has 0 bridgehead atoms. The predicted octanol–water partition coefficient (Wildman–Crippen LogP) is 3.77. The second-order valence-corrected chi connectivity index (χ2v) is 4.16. The summed E-state index contributed by atoms with van der Waals surface area (Å²) in [5.74, 6) is 2.05. The highest BCUT2D eigenvalue weighted by Gasteiger charge is 2.21. The van der Waals surface area contributed by atoms with Crippen molar-refractivity contribution in [3.8, 4) is 0 Å². The maximum atomic E-state index is 5.68. The third-order valence-electron chi connectivity index (χ3n) is 2.66. The fraction of sp³-hybridized carbons (Fsp3) is 0.636. The molecule has 0 unspecified atom stereocenters. The second-order valence-electron chi connectivity index (χ2n) is 3.85. The number of hydrogen-bond acceptors (Lipinski definition) is 0. The molecule has 0 saturated heterocycles. The molecule has 2 atom stereocenters. The molecule has 0 aromatic rings. The van der Waals surface area contributed by atoms with Gasteiger partial charge in [0.25, 0.3) is 0 Å². The second kappa shape index (κ2) is 4.13. The molecule has 0 N–H and O–H groups in total. The van der Waals surface area contributed by atoms with Crippen LogP contribution >= 0.6 is 11.6 Å². The van der Waals surface area contributed by atoms with E-state index >= 15 is 0 Å². The van der Waals surface area contributed by atoms with Crippen molar-refractivity contribution in [1.82, 2.24) is 0 Å². The summed E-state index contributed by atoms with van der Waals surface area (Å²) in [5, 5.41) is 0. The number of rotatable bonds is 1. The van der Waals surface area contributed by atoms with Crippen LogP contribution in [0.2, 0.25) is 0 Å². The van der Waals surface area contributed by atoms with Crippen molar-refractivity contribution in [3.63, 3.8) is 0 Å². The van der Waals surface area contributed by atoms with E-state index in [2.05, 4.69) is 26.5 Å². The molecule has 12 heavy (non-hydrogen) atoms. The van der Waals surface area contributed by atoms with E-state index in [-0.39, 0.29) is 0 Å². The van der Waals surface area contributed by atoms with Gasteiger partial charge in [0, 0.05) is 5.88 Å². The molecule has 0 aromatic heterocycles. The van der Waals surface area contributed by atoms with Crippen molar-refractivity contribution in [1.29, 1.82) is 0 Å². The van der Waals surface area contributed by atoms with Crippen LogP contribution in [0.4, 0.5) is 0 Å². The van der Waals surface area contributed by atoms with Gasteiger partial charge in [-0.2, -0.15) is 0 Å². The van der Waals surface area contributed by atoms with Crippen molar-refractivity contribution < 1.29 is 0 Å². The topological polar surface area (TPSA) is 0 Å². The molecule has 1 rings (SSSR count). The molecule has 1 aliphatic rings. The van der Waals surface area contributed by atoms with Crippen molar-refractivity contribution >= 4 is 11.6 Å². The maximum Gasteiger partial charge on any atom is 0.0409 e. The third-order valence-corrected chi connectivity index (χ3v) is 2.81. The number of alkyl halides is 1. The Hall–Kier alpha value is -0.230. The van der Waals surface area contributed by atoms with E-state index in [4.69, 9.17) is 11.6 Å². The van der Waals surface area contributed by atoms with Crippen LogP contribution in [0.3, 0.4) is 0 Å². The Labute approximate surface area is 80.3 Å². The monoisotopic (exact) mass is 184 g/mol. The van der Waals surface area contributed by atoms with Crippen LogP contribution in [0.25, 0.3) is 0 Å². The lowest BCUT2D eigenvalue weighted by molar-refractivity contribution is 0.417. The van der Waals surface area contributed by atoms with Gasteiger partial charge in [0.1, 0.15) is 0 Å². The Kier molecular flexibility index (Phi) is 3.39. The van der Waals surface area contributed by atoms with E-state index < -0.39 is 0 Å². The van der Waals surface area contributed by atoms with E-state index in [0.717, 1.165) is 12.3 Å². The highest BCUT2D eigenvalue weighted by atomic mass is 35.5. The maximum absolute atomic E-state index is 5.68. The zero-order valence-corrected chi connectivity index (χ0v) is 8.69. The molecule has 0 spiro atoms. The molecule has 0 amide bonds. The number of allylic oxidation sites excluding steroid dienone is 3. The van der Waals surface area contributed by atoms with Gasteiger partial charge in [0.15, 0.2) is 0 Å². The molecule has 1 aliphatic carbocycles. The van der Waals surface area contributed by atoms with Crippen molar-refractivity contribution in [2.45, 2.75) is 26.7 Å². The van der Waals surface area contributed by atoms with Gasteiger partial charge in [-0.1, -0.05) is 26.5 Å². The minimum absolute atomic E-state index is 0.619. The standard InChI is InChI=1S/C11H17Cl/c1-8-6-9(2)10(3)11(7-8)4-5-12/h4,8-9H,3,5-7H2,1-2H3/b11-4-/t8-,9+/m1/s1. The van der Waals surface area contributed by atoms with Crippen LogP contribution in [0.1, 0.15) is 26.7 Å². The predicted molar refractivity (Wildman–Crippen MR) is 55.5 cm³/mol. The molecule has 1 fully saturated rings. The van der Waals surface area contributed by atoms with Crippen LogP contribution in [0.5, 0.6) is 0 Å². The smallest absolute Gasteiger partial charge is 0.0409 e. The summed E-state index contributed by atoms with van der Waals surface area (Å²) >= 11 is 5.68.